The van der Waals surface area contributed by atoms with Crippen molar-refractivity contribution in [2.45, 2.75) is 0 Å². The first-order valence-corrected chi connectivity index (χ1v) is 5.57. The molecule has 4 heteroatoms. The van der Waals surface area contributed by atoms with Gasteiger partial charge < -0.3 is 4.74 Å². The molecule has 0 aliphatic carbocycles. The molecule has 0 radical (unpaired) electrons. The summed E-state index contributed by atoms with van der Waals surface area (Å²) >= 11 is 5.32. The van der Waals surface area contributed by atoms with Crippen LogP contribution in [-0.2, 0) is 0 Å². The van der Waals surface area contributed by atoms with Crippen LogP contribution in [0, 0.1) is 0 Å². The van der Waals surface area contributed by atoms with Crippen molar-refractivity contribution in [1.82, 2.24) is 4.84 Å². The minimum atomic E-state index is -0.0299. The van der Waals surface area contributed by atoms with Crippen molar-refractivity contribution in [3.63, 3.8) is 0 Å². The van der Waals surface area contributed by atoms with Crippen LogP contribution < -0.4 is 9.57 Å². The van der Waals surface area contributed by atoms with E-state index >= 15 is 0 Å². The zero-order valence-electron chi connectivity index (χ0n) is 9.37. The van der Waals surface area contributed by atoms with E-state index in [1.54, 1.807) is 13.2 Å². The fraction of sp³-hybridized carbons (Fsp3) is 0.154. The van der Waals surface area contributed by atoms with Crippen LogP contribution in [0.4, 0.5) is 0 Å². The van der Waals surface area contributed by atoms with Crippen LogP contribution in [0.25, 0.3) is 10.8 Å². The van der Waals surface area contributed by atoms with Gasteiger partial charge in [0.05, 0.1) is 13.7 Å². The molecule has 0 saturated heterocycles. The fourth-order valence-corrected chi connectivity index (χ4v) is 1.81. The number of ether oxygens (including phenoxy) is 1. The van der Waals surface area contributed by atoms with E-state index in [1.807, 2.05) is 30.3 Å². The van der Waals surface area contributed by atoms with Gasteiger partial charge in [-0.3, -0.25) is 4.79 Å². The highest BCUT2D eigenvalue weighted by atomic mass is 35.5. The molecule has 3 nitrogen and oxygen atoms in total. The van der Waals surface area contributed by atoms with Crippen LogP contribution in [0.1, 0.15) is 10.4 Å². The van der Waals surface area contributed by atoms with E-state index in [2.05, 4.69) is 4.84 Å². The first kappa shape index (κ1) is 11.9. The third-order valence-electron chi connectivity index (χ3n) is 2.60. The highest BCUT2D eigenvalue weighted by Crippen LogP contribution is 2.21. The van der Waals surface area contributed by atoms with Gasteiger partial charge >= 0.3 is 0 Å². The lowest BCUT2D eigenvalue weighted by atomic mass is 10.0. The van der Waals surface area contributed by atoms with Crippen LogP contribution in [0.15, 0.2) is 36.4 Å². The molecule has 2 aromatic rings. The third kappa shape index (κ3) is 2.57. The van der Waals surface area contributed by atoms with Crippen LogP contribution in [-0.4, -0.2) is 19.4 Å². The van der Waals surface area contributed by atoms with E-state index in [-0.39, 0.29) is 12.3 Å². The van der Waals surface area contributed by atoms with Gasteiger partial charge in [-0.2, -0.15) is 0 Å². The zero-order valence-corrected chi connectivity index (χ0v) is 10.1. The molecule has 0 atom stereocenters. The van der Waals surface area contributed by atoms with Crippen molar-refractivity contribution in [1.29, 1.82) is 0 Å². The summed E-state index contributed by atoms with van der Waals surface area (Å²) in [5.41, 5.74) is 0.649. The summed E-state index contributed by atoms with van der Waals surface area (Å²) in [6.07, 6.45) is 0. The molecule has 0 heterocycles. The van der Waals surface area contributed by atoms with E-state index in [9.17, 15) is 4.79 Å². The summed E-state index contributed by atoms with van der Waals surface area (Å²) in [5.74, 6) is 0.775. The molecule has 2 rings (SSSR count). The lowest BCUT2D eigenvalue weighted by molar-refractivity contribution is 0.0997. The monoisotopic (exact) mass is 249 g/mol. The molecule has 0 fully saturated rings. The SMILES string of the molecule is COc1ccc2cc(C(=O)CNCl)ccc2c1. The molecule has 0 aliphatic rings. The van der Waals surface area contributed by atoms with Crippen molar-refractivity contribution < 1.29 is 9.53 Å². The summed E-state index contributed by atoms with van der Waals surface area (Å²) < 4.78 is 5.14. The lowest BCUT2D eigenvalue weighted by Gasteiger charge is -2.04. The minimum absolute atomic E-state index is 0.0299. The third-order valence-corrected chi connectivity index (χ3v) is 2.73. The standard InChI is InChI=1S/C13H12ClNO2/c1-17-12-5-4-9-6-11(13(16)8-15-14)3-2-10(9)7-12/h2-7,15H,8H2,1H3. The molecule has 0 aromatic heterocycles. The average molecular weight is 250 g/mol. The average Bonchev–Trinajstić information content (AvgIpc) is 2.37. The van der Waals surface area contributed by atoms with Crippen molar-refractivity contribution >= 4 is 28.3 Å². The highest BCUT2D eigenvalue weighted by Gasteiger charge is 2.06. The highest BCUT2D eigenvalue weighted by molar-refractivity contribution is 6.15. The maximum Gasteiger partial charge on any atom is 0.177 e. The van der Waals surface area contributed by atoms with E-state index in [0.717, 1.165) is 16.5 Å². The smallest absolute Gasteiger partial charge is 0.177 e. The van der Waals surface area contributed by atoms with Crippen molar-refractivity contribution in [2.24, 2.45) is 0 Å². The summed E-state index contributed by atoms with van der Waals surface area (Å²) in [6, 6.07) is 11.3. The Labute approximate surface area is 104 Å². The predicted octanol–water partition coefficient (Wildman–Crippen LogP) is 2.77. The number of ketones is 1. The molecule has 0 unspecified atom stereocenters. The molecular formula is C13H12ClNO2. The molecule has 1 N–H and O–H groups in total. The number of carbonyl (C=O) groups excluding carboxylic acids is 1. The number of halogens is 1. The topological polar surface area (TPSA) is 38.3 Å². The number of carbonyl (C=O) groups is 1. The number of nitrogens with one attached hydrogen (secondary N) is 1. The lowest BCUT2D eigenvalue weighted by Crippen LogP contribution is -2.14. The van der Waals surface area contributed by atoms with E-state index in [0.29, 0.717) is 5.56 Å². The Morgan fingerprint density at radius 1 is 1.24 bits per heavy atom. The Morgan fingerprint density at radius 2 is 1.94 bits per heavy atom. The first-order chi connectivity index (χ1) is 8.24. The normalized spacial score (nSPS) is 10.5. The summed E-state index contributed by atoms with van der Waals surface area (Å²) in [7, 11) is 1.63. The minimum Gasteiger partial charge on any atom is -0.497 e. The van der Waals surface area contributed by atoms with Gasteiger partial charge in [-0.1, -0.05) is 18.2 Å². The summed E-state index contributed by atoms with van der Waals surface area (Å²) in [4.78, 5) is 14.0. The zero-order chi connectivity index (χ0) is 12.3. The van der Waals surface area contributed by atoms with Gasteiger partial charge in [0, 0.05) is 5.56 Å². The largest absolute Gasteiger partial charge is 0.497 e. The van der Waals surface area contributed by atoms with Crippen LogP contribution in [0.2, 0.25) is 0 Å². The fourth-order valence-electron chi connectivity index (χ4n) is 1.69. The van der Waals surface area contributed by atoms with Gasteiger partial charge in [0.1, 0.15) is 5.75 Å². The maximum absolute atomic E-state index is 11.6. The van der Waals surface area contributed by atoms with Gasteiger partial charge in [0.25, 0.3) is 0 Å². The Hall–Kier alpha value is -1.58. The number of hydrogen-bond acceptors (Lipinski definition) is 3. The molecule has 0 amide bonds. The second-order valence-corrected chi connectivity index (χ2v) is 3.93. The number of benzene rings is 2. The second-order valence-electron chi connectivity index (χ2n) is 3.66. The molecule has 0 saturated carbocycles. The van der Waals surface area contributed by atoms with Crippen LogP contribution in [0.5, 0.6) is 5.75 Å². The quantitative estimate of drug-likeness (QED) is 0.669. The van der Waals surface area contributed by atoms with Gasteiger partial charge in [0.15, 0.2) is 5.78 Å². The van der Waals surface area contributed by atoms with Crippen molar-refractivity contribution in [3.8, 4) is 5.75 Å². The van der Waals surface area contributed by atoms with E-state index < -0.39 is 0 Å². The van der Waals surface area contributed by atoms with Gasteiger partial charge in [0.2, 0.25) is 0 Å². The summed E-state index contributed by atoms with van der Waals surface area (Å²) in [5, 5.41) is 2.05. The first-order valence-electron chi connectivity index (χ1n) is 5.19. The van der Waals surface area contributed by atoms with Crippen molar-refractivity contribution in [3.05, 3.63) is 42.0 Å². The Kier molecular flexibility index (Phi) is 3.61. The van der Waals surface area contributed by atoms with Gasteiger partial charge in [-0.25, -0.2) is 4.84 Å². The van der Waals surface area contributed by atoms with Gasteiger partial charge in [-0.05, 0) is 40.7 Å². The summed E-state index contributed by atoms with van der Waals surface area (Å²) in [6.45, 7) is 0.128. The van der Waals surface area contributed by atoms with Crippen LogP contribution >= 0.6 is 11.8 Å². The second kappa shape index (κ2) is 5.17. The number of hydrogen-bond donors (Lipinski definition) is 1. The number of fused-ring (bicyclic) bond motifs is 1. The molecule has 2 aromatic carbocycles. The van der Waals surface area contributed by atoms with Crippen LogP contribution in [0.3, 0.4) is 0 Å². The number of methoxy groups -OCH3 is 1. The number of Topliss-reactive ketones (excluding diaryl/α,β-unsaturated/α-hetero) is 1. The Morgan fingerprint density at radius 3 is 2.65 bits per heavy atom. The van der Waals surface area contributed by atoms with Gasteiger partial charge in [-0.15, -0.1) is 0 Å². The molecule has 88 valence electrons. The van der Waals surface area contributed by atoms with Crippen molar-refractivity contribution in [2.75, 3.05) is 13.7 Å². The maximum atomic E-state index is 11.6. The molecule has 17 heavy (non-hydrogen) atoms. The Balaban J connectivity index is 2.41. The predicted molar refractivity (Wildman–Crippen MR) is 68.7 cm³/mol. The Bertz CT molecular complexity index is 554. The van der Waals surface area contributed by atoms with E-state index in [4.69, 9.17) is 16.5 Å². The molecular weight excluding hydrogens is 238 g/mol. The molecule has 0 bridgehead atoms. The number of rotatable bonds is 4. The molecule has 0 spiro atoms. The van der Waals surface area contributed by atoms with E-state index in [1.165, 1.54) is 0 Å². The molecule has 0 aliphatic heterocycles.